The lowest BCUT2D eigenvalue weighted by Gasteiger charge is -2.27. The fraction of sp³-hybridized carbons (Fsp3) is 0.333. The van der Waals surface area contributed by atoms with Crippen LogP contribution in [0.25, 0.3) is 0 Å². The second-order valence-corrected chi connectivity index (χ2v) is 7.42. The van der Waals surface area contributed by atoms with Crippen molar-refractivity contribution in [3.05, 3.63) is 65.2 Å². The van der Waals surface area contributed by atoms with Crippen LogP contribution < -0.4 is 4.90 Å². The molecule has 0 radical (unpaired) electrons. The van der Waals surface area contributed by atoms with Crippen LogP contribution in [0, 0.1) is 5.92 Å². The van der Waals surface area contributed by atoms with E-state index in [0.717, 1.165) is 25.1 Å². The standard InChI is InChI=1S/C21H21ClN2O2/c22-17-8-4-9-18(13-17)24-14-16(12-20(24)25)21(26)23-11-5-10-19(23)15-6-2-1-3-7-15/h1-4,6-9,13,16,19H,5,10-12,14H2/t16-,19+/m1/s1. The van der Waals surface area contributed by atoms with Crippen molar-refractivity contribution < 1.29 is 9.59 Å². The van der Waals surface area contributed by atoms with E-state index in [2.05, 4.69) is 12.1 Å². The van der Waals surface area contributed by atoms with Crippen LogP contribution in [0.5, 0.6) is 0 Å². The zero-order chi connectivity index (χ0) is 18.1. The third-order valence-electron chi connectivity index (χ3n) is 5.31. The molecule has 134 valence electrons. The first-order valence-corrected chi connectivity index (χ1v) is 9.42. The van der Waals surface area contributed by atoms with Gasteiger partial charge in [-0.25, -0.2) is 0 Å². The summed E-state index contributed by atoms with van der Waals surface area (Å²) in [5, 5.41) is 0.591. The highest BCUT2D eigenvalue weighted by molar-refractivity contribution is 6.31. The third-order valence-corrected chi connectivity index (χ3v) is 5.55. The van der Waals surface area contributed by atoms with Crippen LogP contribution in [0.15, 0.2) is 54.6 Å². The van der Waals surface area contributed by atoms with Crippen molar-refractivity contribution in [2.24, 2.45) is 5.92 Å². The number of nitrogens with zero attached hydrogens (tertiary/aromatic N) is 2. The van der Waals surface area contributed by atoms with Gasteiger partial charge in [-0.1, -0.05) is 48.0 Å². The molecule has 4 nitrogen and oxygen atoms in total. The van der Waals surface area contributed by atoms with Crippen molar-refractivity contribution in [1.82, 2.24) is 4.90 Å². The smallest absolute Gasteiger partial charge is 0.228 e. The number of rotatable bonds is 3. The molecule has 2 heterocycles. The van der Waals surface area contributed by atoms with Crippen molar-refractivity contribution in [3.8, 4) is 0 Å². The van der Waals surface area contributed by atoms with Gasteiger partial charge in [0.05, 0.1) is 12.0 Å². The van der Waals surface area contributed by atoms with Crippen molar-refractivity contribution in [2.75, 3.05) is 18.0 Å². The molecule has 0 unspecified atom stereocenters. The minimum Gasteiger partial charge on any atom is -0.335 e. The monoisotopic (exact) mass is 368 g/mol. The van der Waals surface area contributed by atoms with E-state index in [1.54, 1.807) is 17.0 Å². The van der Waals surface area contributed by atoms with Gasteiger partial charge in [0.2, 0.25) is 11.8 Å². The largest absolute Gasteiger partial charge is 0.335 e. The first-order valence-electron chi connectivity index (χ1n) is 9.05. The number of likely N-dealkylation sites (tertiary alicyclic amines) is 1. The zero-order valence-corrected chi connectivity index (χ0v) is 15.2. The molecular formula is C21H21ClN2O2. The summed E-state index contributed by atoms with van der Waals surface area (Å²) in [6.45, 7) is 1.19. The second-order valence-electron chi connectivity index (χ2n) is 6.99. The summed E-state index contributed by atoms with van der Waals surface area (Å²) in [6, 6.07) is 17.5. The SMILES string of the molecule is O=C1C[C@@H](C(=O)N2CCC[C@H]2c2ccccc2)CN1c1cccc(Cl)c1. The number of halogens is 1. The summed E-state index contributed by atoms with van der Waals surface area (Å²) in [5.41, 5.74) is 1.94. The number of carbonyl (C=O) groups excluding carboxylic acids is 2. The van der Waals surface area contributed by atoms with Crippen molar-refractivity contribution in [2.45, 2.75) is 25.3 Å². The number of hydrogen-bond acceptors (Lipinski definition) is 2. The molecule has 0 aliphatic carbocycles. The molecule has 26 heavy (non-hydrogen) atoms. The van der Waals surface area contributed by atoms with Gasteiger partial charge in [0.15, 0.2) is 0 Å². The Morgan fingerprint density at radius 1 is 1.08 bits per heavy atom. The molecule has 2 aromatic rings. The first kappa shape index (κ1) is 17.1. The molecule has 0 saturated carbocycles. The van der Waals surface area contributed by atoms with E-state index in [-0.39, 0.29) is 30.2 Å². The lowest BCUT2D eigenvalue weighted by Crippen LogP contribution is -2.37. The average molecular weight is 369 g/mol. The molecular weight excluding hydrogens is 348 g/mol. The summed E-state index contributed by atoms with van der Waals surface area (Å²) in [6.07, 6.45) is 2.25. The fourth-order valence-electron chi connectivity index (χ4n) is 4.05. The van der Waals surface area contributed by atoms with Crippen LogP contribution in [-0.2, 0) is 9.59 Å². The molecule has 0 spiro atoms. The molecule has 2 amide bonds. The fourth-order valence-corrected chi connectivity index (χ4v) is 4.24. The van der Waals surface area contributed by atoms with E-state index in [9.17, 15) is 9.59 Å². The van der Waals surface area contributed by atoms with Crippen LogP contribution in [0.4, 0.5) is 5.69 Å². The number of benzene rings is 2. The van der Waals surface area contributed by atoms with Gasteiger partial charge >= 0.3 is 0 Å². The molecule has 2 fully saturated rings. The molecule has 2 saturated heterocycles. The molecule has 2 atom stereocenters. The maximum Gasteiger partial charge on any atom is 0.228 e. The lowest BCUT2D eigenvalue weighted by atomic mass is 10.0. The molecule has 5 heteroatoms. The zero-order valence-electron chi connectivity index (χ0n) is 14.5. The Balaban J connectivity index is 1.51. The Morgan fingerprint density at radius 2 is 1.88 bits per heavy atom. The number of carbonyl (C=O) groups is 2. The highest BCUT2D eigenvalue weighted by Gasteiger charge is 2.40. The highest BCUT2D eigenvalue weighted by atomic mass is 35.5. The topological polar surface area (TPSA) is 40.6 Å². The molecule has 4 rings (SSSR count). The summed E-state index contributed by atoms with van der Waals surface area (Å²) in [4.78, 5) is 29.3. The highest BCUT2D eigenvalue weighted by Crippen LogP contribution is 2.35. The summed E-state index contributed by atoms with van der Waals surface area (Å²) >= 11 is 6.05. The first-order chi connectivity index (χ1) is 12.6. The van der Waals surface area contributed by atoms with Crippen LogP contribution >= 0.6 is 11.6 Å². The summed E-state index contributed by atoms with van der Waals surface area (Å²) in [7, 11) is 0. The van der Waals surface area contributed by atoms with E-state index in [0.29, 0.717) is 11.6 Å². The second kappa shape index (κ2) is 7.12. The minimum atomic E-state index is -0.286. The van der Waals surface area contributed by atoms with E-state index in [4.69, 9.17) is 11.6 Å². The number of amides is 2. The quantitative estimate of drug-likeness (QED) is 0.819. The van der Waals surface area contributed by atoms with Gasteiger partial charge in [0, 0.05) is 30.2 Å². The van der Waals surface area contributed by atoms with Gasteiger partial charge in [0.1, 0.15) is 0 Å². The van der Waals surface area contributed by atoms with Gasteiger partial charge in [-0.15, -0.1) is 0 Å². The molecule has 2 aliphatic heterocycles. The van der Waals surface area contributed by atoms with E-state index in [1.807, 2.05) is 35.2 Å². The van der Waals surface area contributed by atoms with E-state index >= 15 is 0 Å². The van der Waals surface area contributed by atoms with Gasteiger partial charge in [0.25, 0.3) is 0 Å². The number of anilines is 1. The van der Waals surface area contributed by atoms with Crippen LogP contribution in [0.2, 0.25) is 5.02 Å². The Kier molecular flexibility index (Phi) is 4.68. The summed E-state index contributed by atoms with van der Waals surface area (Å²) < 4.78 is 0. The van der Waals surface area contributed by atoms with Gasteiger partial charge < -0.3 is 9.80 Å². The van der Waals surface area contributed by atoms with Crippen molar-refractivity contribution >= 4 is 29.1 Å². The predicted octanol–water partition coefficient (Wildman–Crippen LogP) is 4.06. The molecule has 2 aliphatic rings. The predicted molar refractivity (Wildman–Crippen MR) is 102 cm³/mol. The third kappa shape index (κ3) is 3.21. The maximum absolute atomic E-state index is 13.1. The van der Waals surface area contributed by atoms with Crippen LogP contribution in [0.1, 0.15) is 30.9 Å². The Labute approximate surface area is 158 Å². The van der Waals surface area contributed by atoms with E-state index < -0.39 is 0 Å². The molecule has 0 bridgehead atoms. The Hall–Kier alpha value is -2.33. The number of hydrogen-bond donors (Lipinski definition) is 0. The van der Waals surface area contributed by atoms with E-state index in [1.165, 1.54) is 5.56 Å². The average Bonchev–Trinajstić information content (AvgIpc) is 3.29. The van der Waals surface area contributed by atoms with Gasteiger partial charge in [-0.3, -0.25) is 9.59 Å². The van der Waals surface area contributed by atoms with Crippen LogP contribution in [-0.4, -0.2) is 29.8 Å². The van der Waals surface area contributed by atoms with Gasteiger partial charge in [-0.2, -0.15) is 0 Å². The van der Waals surface area contributed by atoms with Crippen LogP contribution in [0.3, 0.4) is 0 Å². The van der Waals surface area contributed by atoms with Crippen molar-refractivity contribution in [1.29, 1.82) is 0 Å². The lowest BCUT2D eigenvalue weighted by molar-refractivity contribution is -0.136. The Morgan fingerprint density at radius 3 is 2.65 bits per heavy atom. The maximum atomic E-state index is 13.1. The van der Waals surface area contributed by atoms with Gasteiger partial charge in [-0.05, 0) is 36.6 Å². The van der Waals surface area contributed by atoms with Crippen molar-refractivity contribution in [3.63, 3.8) is 0 Å². The Bertz CT molecular complexity index is 824. The molecule has 0 aromatic heterocycles. The summed E-state index contributed by atoms with van der Waals surface area (Å²) in [5.74, 6) is -0.207. The molecule has 2 aromatic carbocycles. The molecule has 0 N–H and O–H groups in total. The normalized spacial score (nSPS) is 22.9. The minimum absolute atomic E-state index is 0.0129.